The first-order valence-corrected chi connectivity index (χ1v) is 8.39. The van der Waals surface area contributed by atoms with Gasteiger partial charge in [-0.2, -0.15) is 0 Å². The third-order valence-electron chi connectivity index (χ3n) is 5.03. The van der Waals surface area contributed by atoms with Crippen LogP contribution in [0.2, 0.25) is 0 Å². The SMILES string of the molecule is O=C(c1cnc2n1CCCCC2)N1CCO[C@@H]2COCC[C@@H]21. The predicted molar refractivity (Wildman–Crippen MR) is 79.8 cm³/mol. The van der Waals surface area contributed by atoms with E-state index in [9.17, 15) is 4.79 Å². The Kier molecular flexibility index (Phi) is 3.88. The van der Waals surface area contributed by atoms with E-state index in [-0.39, 0.29) is 18.1 Å². The van der Waals surface area contributed by atoms with Crippen LogP contribution in [0.25, 0.3) is 0 Å². The molecule has 1 amide bonds. The van der Waals surface area contributed by atoms with E-state index in [0.29, 0.717) is 26.4 Å². The number of aromatic nitrogens is 2. The third kappa shape index (κ3) is 2.44. The fraction of sp³-hybridized carbons (Fsp3) is 0.750. The molecular weight excluding hydrogens is 282 g/mol. The number of hydrogen-bond acceptors (Lipinski definition) is 4. The second-order valence-electron chi connectivity index (χ2n) is 6.36. The van der Waals surface area contributed by atoms with Crippen LogP contribution < -0.4 is 0 Å². The highest BCUT2D eigenvalue weighted by Gasteiger charge is 2.38. The first-order chi connectivity index (χ1) is 10.8. The Morgan fingerprint density at radius 3 is 3.14 bits per heavy atom. The number of nitrogens with zero attached hydrogens (tertiary/aromatic N) is 3. The molecule has 3 aliphatic heterocycles. The highest BCUT2D eigenvalue weighted by atomic mass is 16.5. The van der Waals surface area contributed by atoms with E-state index in [1.165, 1.54) is 12.8 Å². The summed E-state index contributed by atoms with van der Waals surface area (Å²) in [4.78, 5) is 19.6. The van der Waals surface area contributed by atoms with Crippen LogP contribution in [0.15, 0.2) is 6.20 Å². The lowest BCUT2D eigenvalue weighted by Gasteiger charge is -2.43. The smallest absolute Gasteiger partial charge is 0.272 e. The van der Waals surface area contributed by atoms with Gasteiger partial charge in [0.1, 0.15) is 17.6 Å². The molecule has 4 heterocycles. The normalized spacial score (nSPS) is 28.6. The van der Waals surface area contributed by atoms with E-state index in [0.717, 1.165) is 37.3 Å². The van der Waals surface area contributed by atoms with Gasteiger partial charge in [-0.1, -0.05) is 6.42 Å². The number of rotatable bonds is 1. The van der Waals surface area contributed by atoms with Crippen LogP contribution in [-0.2, 0) is 22.4 Å². The van der Waals surface area contributed by atoms with Crippen LogP contribution in [0.1, 0.15) is 42.0 Å². The Morgan fingerprint density at radius 1 is 1.23 bits per heavy atom. The average Bonchev–Trinajstić information content (AvgIpc) is 2.82. The summed E-state index contributed by atoms with van der Waals surface area (Å²) in [6, 6.07) is 0.145. The highest BCUT2D eigenvalue weighted by Crippen LogP contribution is 2.25. The van der Waals surface area contributed by atoms with E-state index in [1.54, 1.807) is 6.20 Å². The minimum Gasteiger partial charge on any atom is -0.379 e. The number of aryl methyl sites for hydroxylation is 1. The fourth-order valence-electron chi connectivity index (χ4n) is 3.85. The molecule has 0 spiro atoms. The summed E-state index contributed by atoms with van der Waals surface area (Å²) in [6.45, 7) is 3.48. The molecule has 2 fully saturated rings. The molecule has 6 nitrogen and oxygen atoms in total. The van der Waals surface area contributed by atoms with E-state index in [4.69, 9.17) is 9.47 Å². The van der Waals surface area contributed by atoms with Crippen LogP contribution in [0.5, 0.6) is 0 Å². The Hall–Kier alpha value is -1.40. The molecule has 0 bridgehead atoms. The van der Waals surface area contributed by atoms with Crippen molar-refractivity contribution < 1.29 is 14.3 Å². The summed E-state index contributed by atoms with van der Waals surface area (Å²) >= 11 is 0. The molecule has 6 heteroatoms. The summed E-state index contributed by atoms with van der Waals surface area (Å²) in [5, 5.41) is 0. The zero-order valence-electron chi connectivity index (χ0n) is 12.9. The number of fused-ring (bicyclic) bond motifs is 2. The van der Waals surface area contributed by atoms with Crippen LogP contribution >= 0.6 is 0 Å². The summed E-state index contributed by atoms with van der Waals surface area (Å²) in [7, 11) is 0. The topological polar surface area (TPSA) is 56.6 Å². The number of amides is 1. The molecule has 0 radical (unpaired) electrons. The van der Waals surface area contributed by atoms with Gasteiger partial charge in [-0.3, -0.25) is 4.79 Å². The van der Waals surface area contributed by atoms with Crippen molar-refractivity contribution in [3.8, 4) is 0 Å². The number of carbonyl (C=O) groups excluding carboxylic acids is 1. The maximum absolute atomic E-state index is 13.1. The number of morpholine rings is 1. The summed E-state index contributed by atoms with van der Waals surface area (Å²) in [5.41, 5.74) is 0.754. The molecule has 2 atom stereocenters. The van der Waals surface area contributed by atoms with Gasteiger partial charge < -0.3 is 18.9 Å². The molecule has 3 aliphatic rings. The molecule has 4 rings (SSSR count). The number of hydrogen-bond donors (Lipinski definition) is 0. The molecule has 120 valence electrons. The Bertz CT molecular complexity index is 555. The maximum Gasteiger partial charge on any atom is 0.272 e. The van der Waals surface area contributed by atoms with E-state index < -0.39 is 0 Å². The predicted octanol–water partition coefficient (Wildman–Crippen LogP) is 1.24. The molecule has 0 saturated carbocycles. The Balaban J connectivity index is 1.59. The largest absolute Gasteiger partial charge is 0.379 e. The first kappa shape index (κ1) is 14.2. The average molecular weight is 305 g/mol. The molecule has 22 heavy (non-hydrogen) atoms. The summed E-state index contributed by atoms with van der Waals surface area (Å²) < 4.78 is 13.4. The second-order valence-corrected chi connectivity index (χ2v) is 6.36. The molecule has 1 aromatic rings. The van der Waals surface area contributed by atoms with Crippen LogP contribution in [0, 0.1) is 0 Å². The van der Waals surface area contributed by atoms with Gasteiger partial charge in [0.05, 0.1) is 25.5 Å². The minimum absolute atomic E-state index is 0.0259. The minimum atomic E-state index is 0.0259. The summed E-state index contributed by atoms with van der Waals surface area (Å²) in [6.07, 6.45) is 7.16. The van der Waals surface area contributed by atoms with E-state index in [1.807, 2.05) is 4.90 Å². The van der Waals surface area contributed by atoms with Crippen molar-refractivity contribution >= 4 is 5.91 Å². The lowest BCUT2D eigenvalue weighted by Crippen LogP contribution is -2.57. The monoisotopic (exact) mass is 305 g/mol. The zero-order chi connectivity index (χ0) is 14.9. The van der Waals surface area contributed by atoms with Crippen molar-refractivity contribution in [3.63, 3.8) is 0 Å². The standard InChI is InChI=1S/C16H23N3O3/c20-16(13-10-17-15-4-2-1-3-6-18(13)15)19-7-9-22-14-11-21-8-5-12(14)19/h10,12,14H,1-9,11H2/t12-,14+/m0/s1. The maximum atomic E-state index is 13.1. The van der Waals surface area contributed by atoms with Gasteiger partial charge in [0, 0.05) is 26.1 Å². The molecule has 0 aliphatic carbocycles. The Labute approximate surface area is 130 Å². The van der Waals surface area contributed by atoms with Crippen molar-refractivity contribution in [2.75, 3.05) is 26.4 Å². The molecule has 0 N–H and O–H groups in total. The van der Waals surface area contributed by atoms with Crippen LogP contribution in [0.4, 0.5) is 0 Å². The number of carbonyl (C=O) groups is 1. The van der Waals surface area contributed by atoms with Crippen molar-refractivity contribution in [3.05, 3.63) is 17.7 Å². The number of imidazole rings is 1. The second kappa shape index (κ2) is 6.01. The molecular formula is C16H23N3O3. The van der Waals surface area contributed by atoms with Gasteiger partial charge in [-0.25, -0.2) is 4.98 Å². The van der Waals surface area contributed by atoms with Gasteiger partial charge in [0.15, 0.2) is 0 Å². The van der Waals surface area contributed by atoms with E-state index in [2.05, 4.69) is 9.55 Å². The van der Waals surface area contributed by atoms with Gasteiger partial charge in [0.25, 0.3) is 5.91 Å². The van der Waals surface area contributed by atoms with Gasteiger partial charge in [-0.15, -0.1) is 0 Å². The molecule has 0 aromatic carbocycles. The van der Waals surface area contributed by atoms with Crippen molar-refractivity contribution in [1.82, 2.24) is 14.5 Å². The quantitative estimate of drug-likeness (QED) is 0.783. The van der Waals surface area contributed by atoms with Crippen molar-refractivity contribution in [2.45, 2.75) is 50.8 Å². The fourth-order valence-corrected chi connectivity index (χ4v) is 3.85. The third-order valence-corrected chi connectivity index (χ3v) is 5.03. The van der Waals surface area contributed by atoms with Gasteiger partial charge >= 0.3 is 0 Å². The van der Waals surface area contributed by atoms with Gasteiger partial charge in [0.2, 0.25) is 0 Å². The first-order valence-electron chi connectivity index (χ1n) is 8.39. The lowest BCUT2D eigenvalue weighted by atomic mass is 10.0. The van der Waals surface area contributed by atoms with E-state index >= 15 is 0 Å². The Morgan fingerprint density at radius 2 is 2.18 bits per heavy atom. The zero-order valence-corrected chi connectivity index (χ0v) is 12.9. The highest BCUT2D eigenvalue weighted by molar-refractivity contribution is 5.93. The molecule has 2 saturated heterocycles. The molecule has 0 unspecified atom stereocenters. The summed E-state index contributed by atoms with van der Waals surface area (Å²) in [5.74, 6) is 1.18. The lowest BCUT2D eigenvalue weighted by molar-refractivity contribution is -0.124. The van der Waals surface area contributed by atoms with Crippen molar-refractivity contribution in [1.29, 1.82) is 0 Å². The molecule has 1 aromatic heterocycles. The van der Waals surface area contributed by atoms with Crippen LogP contribution in [0.3, 0.4) is 0 Å². The number of ether oxygens (including phenoxy) is 2. The van der Waals surface area contributed by atoms with Gasteiger partial charge in [-0.05, 0) is 19.3 Å². The van der Waals surface area contributed by atoms with Crippen molar-refractivity contribution in [2.24, 2.45) is 0 Å². The van der Waals surface area contributed by atoms with Crippen LogP contribution in [-0.4, -0.2) is 58.9 Å².